The lowest BCUT2D eigenvalue weighted by Crippen LogP contribution is -2.61. The van der Waals surface area contributed by atoms with Crippen LogP contribution >= 0.6 is 22.6 Å². The molecule has 27 heavy (non-hydrogen) atoms. The molecule has 0 amide bonds. The maximum Gasteiger partial charge on any atom is 0.331 e. The summed E-state index contributed by atoms with van der Waals surface area (Å²) < 4.78 is 0.852. The van der Waals surface area contributed by atoms with Crippen LogP contribution in [0.2, 0.25) is 0 Å². The van der Waals surface area contributed by atoms with E-state index in [1.165, 1.54) is 0 Å². The van der Waals surface area contributed by atoms with Crippen molar-refractivity contribution in [1.82, 2.24) is 0 Å². The number of ketones is 1. The largest absolute Gasteiger partial charge is 0.478 e. The summed E-state index contributed by atoms with van der Waals surface area (Å²) >= 11 is 2.18. The van der Waals surface area contributed by atoms with Crippen molar-refractivity contribution in [2.24, 2.45) is 28.1 Å². The van der Waals surface area contributed by atoms with Crippen molar-refractivity contribution in [3.63, 3.8) is 0 Å². The van der Waals surface area contributed by atoms with Crippen LogP contribution in [0.1, 0.15) is 53.4 Å². The van der Waals surface area contributed by atoms with E-state index in [4.69, 9.17) is 5.11 Å². The van der Waals surface area contributed by atoms with Crippen LogP contribution in [0.15, 0.2) is 33.5 Å². The lowest BCUT2D eigenvalue weighted by Gasteiger charge is -2.63. The molecule has 3 aliphatic rings. The second kappa shape index (κ2) is 6.83. The number of aliphatic hydroxyl groups is 1. The average Bonchev–Trinajstić information content (AvgIpc) is 2.83. The average molecular weight is 484 g/mol. The number of carboxylic acid groups (broad SMARTS) is 1. The molecule has 3 aliphatic carbocycles. The van der Waals surface area contributed by atoms with Gasteiger partial charge < -0.3 is 10.2 Å². The Morgan fingerprint density at radius 3 is 2.56 bits per heavy atom. The number of rotatable bonds is 3. The first kappa shape index (κ1) is 20.8. The number of carbonyl (C=O) groups excluding carboxylic acids is 1. The quantitative estimate of drug-likeness (QED) is 0.347. The van der Waals surface area contributed by atoms with Gasteiger partial charge in [-0.1, -0.05) is 45.1 Å². The summed E-state index contributed by atoms with van der Waals surface area (Å²) in [6.45, 7) is 8.00. The Balaban J connectivity index is 2.01. The van der Waals surface area contributed by atoms with Gasteiger partial charge in [0.25, 0.3) is 0 Å². The highest BCUT2D eigenvalue weighted by Crippen LogP contribution is 2.69. The predicted molar refractivity (Wildman–Crippen MR) is 113 cm³/mol. The van der Waals surface area contributed by atoms with Gasteiger partial charge >= 0.3 is 5.97 Å². The van der Waals surface area contributed by atoms with E-state index >= 15 is 0 Å². The third-order valence-electron chi connectivity index (χ3n) is 8.04. The van der Waals surface area contributed by atoms with Crippen molar-refractivity contribution >= 4 is 34.3 Å². The zero-order valence-electron chi connectivity index (χ0n) is 16.5. The van der Waals surface area contributed by atoms with Crippen LogP contribution in [0, 0.1) is 28.1 Å². The van der Waals surface area contributed by atoms with E-state index in [9.17, 15) is 14.7 Å². The fourth-order valence-corrected chi connectivity index (χ4v) is 7.02. The van der Waals surface area contributed by atoms with E-state index in [1.807, 2.05) is 6.08 Å². The third kappa shape index (κ3) is 2.87. The molecule has 3 rings (SSSR count). The number of halogens is 1. The molecule has 0 aliphatic heterocycles. The van der Waals surface area contributed by atoms with Crippen LogP contribution in [-0.2, 0) is 9.59 Å². The minimum atomic E-state index is -0.941. The fourth-order valence-electron chi connectivity index (χ4n) is 6.03. The molecular formula is C22H29IO4. The van der Waals surface area contributed by atoms with Crippen molar-refractivity contribution in [2.75, 3.05) is 0 Å². The van der Waals surface area contributed by atoms with Gasteiger partial charge in [-0.15, -0.1) is 0 Å². The van der Waals surface area contributed by atoms with Crippen molar-refractivity contribution in [2.45, 2.75) is 59.5 Å². The highest BCUT2D eigenvalue weighted by molar-refractivity contribution is 14.1. The van der Waals surface area contributed by atoms with Gasteiger partial charge in [-0.3, -0.25) is 4.79 Å². The zero-order valence-corrected chi connectivity index (χ0v) is 18.6. The molecule has 6 atom stereocenters. The second-order valence-electron chi connectivity index (χ2n) is 9.13. The van der Waals surface area contributed by atoms with Gasteiger partial charge in [0.15, 0.2) is 5.78 Å². The number of carbonyl (C=O) groups is 2. The Morgan fingerprint density at radius 2 is 1.93 bits per heavy atom. The molecule has 0 aromatic rings. The molecule has 0 aromatic heterocycles. The van der Waals surface area contributed by atoms with Gasteiger partial charge in [-0.2, -0.15) is 0 Å². The molecule has 0 aromatic carbocycles. The summed E-state index contributed by atoms with van der Waals surface area (Å²) in [5.41, 5.74) is -0.831. The van der Waals surface area contributed by atoms with Crippen LogP contribution in [0.3, 0.4) is 0 Å². The molecule has 2 saturated carbocycles. The summed E-state index contributed by atoms with van der Waals surface area (Å²) in [6.07, 6.45) is 10.4. The van der Waals surface area contributed by atoms with Crippen molar-refractivity contribution in [3.8, 4) is 0 Å². The number of hydrogen-bond acceptors (Lipinski definition) is 3. The molecule has 2 fully saturated rings. The topological polar surface area (TPSA) is 74.6 Å². The Hall–Kier alpha value is -0.950. The van der Waals surface area contributed by atoms with Gasteiger partial charge in [-0.25, -0.2) is 4.79 Å². The summed E-state index contributed by atoms with van der Waals surface area (Å²) in [7, 11) is 0. The van der Waals surface area contributed by atoms with Crippen LogP contribution < -0.4 is 0 Å². The summed E-state index contributed by atoms with van der Waals surface area (Å²) in [4.78, 5) is 24.2. The highest BCUT2D eigenvalue weighted by Gasteiger charge is 2.67. The third-order valence-corrected chi connectivity index (χ3v) is 8.89. The van der Waals surface area contributed by atoms with Crippen LogP contribution in [0.4, 0.5) is 0 Å². The van der Waals surface area contributed by atoms with Gasteiger partial charge in [0.1, 0.15) is 0 Å². The fraction of sp³-hybridized carbons (Fsp3) is 0.636. The SMILES string of the molecule is C/C(=C\C=C\[C@]1(C)[C@@H](O)CC[C@@]2(C)[C@H]1CC[C@H]1C=C(I)C(=O)[C@@]12C)C(=O)O. The first-order valence-corrected chi connectivity index (χ1v) is 10.8. The predicted octanol–water partition coefficient (Wildman–Crippen LogP) is 4.67. The lowest BCUT2D eigenvalue weighted by molar-refractivity contribution is -0.174. The molecule has 148 valence electrons. The van der Waals surface area contributed by atoms with E-state index in [2.05, 4.69) is 49.4 Å². The highest BCUT2D eigenvalue weighted by atomic mass is 127. The van der Waals surface area contributed by atoms with Crippen molar-refractivity contribution in [1.29, 1.82) is 0 Å². The minimum Gasteiger partial charge on any atom is -0.478 e. The molecular weight excluding hydrogens is 455 g/mol. The van der Waals surface area contributed by atoms with Gasteiger partial charge in [-0.05, 0) is 72.4 Å². The van der Waals surface area contributed by atoms with E-state index < -0.39 is 22.9 Å². The normalized spacial score (nSPS) is 44.8. The molecule has 0 radical (unpaired) electrons. The molecule has 5 heteroatoms. The smallest absolute Gasteiger partial charge is 0.331 e. The first-order valence-electron chi connectivity index (χ1n) is 9.68. The monoisotopic (exact) mass is 484 g/mol. The molecule has 0 spiro atoms. The van der Waals surface area contributed by atoms with Gasteiger partial charge in [0.2, 0.25) is 0 Å². The number of aliphatic hydroxyl groups excluding tert-OH is 1. The van der Waals surface area contributed by atoms with Gasteiger partial charge in [0.05, 0.1) is 9.68 Å². The number of aliphatic carboxylic acids is 1. The Morgan fingerprint density at radius 1 is 1.26 bits per heavy atom. The molecule has 0 heterocycles. The summed E-state index contributed by atoms with van der Waals surface area (Å²) in [6, 6.07) is 0. The Kier molecular flexibility index (Phi) is 5.26. The van der Waals surface area contributed by atoms with Crippen molar-refractivity contribution < 1.29 is 19.8 Å². The molecule has 2 N–H and O–H groups in total. The lowest BCUT2D eigenvalue weighted by atomic mass is 9.40. The van der Waals surface area contributed by atoms with E-state index in [1.54, 1.807) is 19.1 Å². The maximum absolute atomic E-state index is 13.2. The molecule has 0 saturated heterocycles. The molecule has 0 bridgehead atoms. The van der Waals surface area contributed by atoms with E-state index in [0.717, 1.165) is 22.8 Å². The van der Waals surface area contributed by atoms with E-state index in [0.29, 0.717) is 6.42 Å². The number of Topliss-reactive ketones (excluding diaryl/α,β-unsaturated/α-hetero) is 1. The van der Waals surface area contributed by atoms with Crippen LogP contribution in [-0.4, -0.2) is 28.1 Å². The number of carboxylic acids is 1. The Labute approximate surface area is 174 Å². The Bertz CT molecular complexity index is 766. The zero-order chi connectivity index (χ0) is 20.2. The summed E-state index contributed by atoms with van der Waals surface area (Å²) in [5, 5.41) is 20.0. The number of allylic oxidation sites excluding steroid dienone is 4. The number of fused-ring (bicyclic) bond motifs is 3. The molecule has 4 nitrogen and oxygen atoms in total. The second-order valence-corrected chi connectivity index (χ2v) is 10.3. The standard InChI is InChI=1S/C22H29IO4/c1-13(19(26)27)6-5-10-20(2)16-8-7-14-12-15(23)18(25)22(14,4)21(16,3)11-9-17(20)24/h5-6,10,12,14,16-17,24H,7-9,11H2,1-4H3,(H,26,27)/b10-5+,13-6+/t14-,16-,17-,20-,21-,22+/m0/s1. The van der Waals surface area contributed by atoms with Crippen molar-refractivity contribution in [3.05, 3.63) is 33.5 Å². The summed E-state index contributed by atoms with van der Waals surface area (Å²) in [5.74, 6) is -0.242. The number of hydrogen-bond donors (Lipinski definition) is 2. The minimum absolute atomic E-state index is 0.171. The van der Waals surface area contributed by atoms with Crippen LogP contribution in [0.25, 0.3) is 0 Å². The van der Waals surface area contributed by atoms with Gasteiger partial charge in [0, 0.05) is 16.4 Å². The van der Waals surface area contributed by atoms with Crippen LogP contribution in [0.5, 0.6) is 0 Å². The van der Waals surface area contributed by atoms with E-state index in [-0.39, 0.29) is 28.6 Å². The molecule has 0 unspecified atom stereocenters. The maximum atomic E-state index is 13.2. The first-order chi connectivity index (χ1) is 12.5.